The minimum atomic E-state index is -1.14. The number of nitrogens with zero attached hydrogens (tertiary/aromatic N) is 1. The summed E-state index contributed by atoms with van der Waals surface area (Å²) in [6, 6.07) is 0. The van der Waals surface area contributed by atoms with E-state index >= 15 is 0 Å². The van der Waals surface area contributed by atoms with E-state index in [0.29, 0.717) is 25.9 Å². The SMILES string of the molecule is CCCCCCCCCCCCCCCCN(CC[C@H](O)[C@H](O)CO)CC[C@H](O)[C@H](O)CO. The van der Waals surface area contributed by atoms with Gasteiger partial charge in [0, 0.05) is 13.1 Å². The van der Waals surface area contributed by atoms with Gasteiger partial charge in [-0.15, -0.1) is 0 Å². The predicted molar refractivity (Wildman–Crippen MR) is 134 cm³/mol. The third-order valence-electron chi connectivity index (χ3n) is 6.57. The smallest absolute Gasteiger partial charge is 0.103 e. The molecule has 200 valence electrons. The Morgan fingerprint density at radius 3 is 1.12 bits per heavy atom. The highest BCUT2D eigenvalue weighted by Gasteiger charge is 2.19. The molecule has 7 nitrogen and oxygen atoms in total. The van der Waals surface area contributed by atoms with Gasteiger partial charge >= 0.3 is 0 Å². The van der Waals surface area contributed by atoms with Gasteiger partial charge in [-0.1, -0.05) is 90.4 Å². The topological polar surface area (TPSA) is 125 Å². The van der Waals surface area contributed by atoms with Crippen LogP contribution >= 0.6 is 0 Å². The number of hydrogen-bond acceptors (Lipinski definition) is 7. The summed E-state index contributed by atoms with van der Waals surface area (Å²) in [7, 11) is 0. The van der Waals surface area contributed by atoms with Gasteiger partial charge in [-0.05, 0) is 25.8 Å². The van der Waals surface area contributed by atoms with Crippen molar-refractivity contribution in [1.82, 2.24) is 4.90 Å². The molecule has 7 heteroatoms. The van der Waals surface area contributed by atoms with Crippen LogP contribution in [-0.2, 0) is 0 Å². The summed E-state index contributed by atoms with van der Waals surface area (Å²) >= 11 is 0. The Bertz CT molecular complexity index is 381. The van der Waals surface area contributed by atoms with Crippen LogP contribution in [0, 0.1) is 0 Å². The monoisotopic (exact) mass is 477 g/mol. The van der Waals surface area contributed by atoms with Gasteiger partial charge in [0.05, 0.1) is 25.4 Å². The van der Waals surface area contributed by atoms with Gasteiger partial charge in [-0.3, -0.25) is 0 Å². The highest BCUT2D eigenvalue weighted by molar-refractivity contribution is 4.72. The van der Waals surface area contributed by atoms with Crippen molar-refractivity contribution >= 4 is 0 Å². The molecular formula is C26H55NO6. The zero-order valence-electron chi connectivity index (χ0n) is 21.3. The summed E-state index contributed by atoms with van der Waals surface area (Å²) in [5, 5.41) is 56.9. The minimum Gasteiger partial charge on any atom is -0.394 e. The summed E-state index contributed by atoms with van der Waals surface area (Å²) in [5.74, 6) is 0. The molecule has 0 aromatic carbocycles. The second kappa shape index (κ2) is 23.5. The highest BCUT2D eigenvalue weighted by atomic mass is 16.4. The van der Waals surface area contributed by atoms with E-state index in [1.807, 2.05) is 0 Å². The van der Waals surface area contributed by atoms with E-state index in [1.54, 1.807) is 0 Å². The van der Waals surface area contributed by atoms with Gasteiger partial charge < -0.3 is 35.5 Å². The number of aliphatic hydroxyl groups is 6. The molecule has 0 aliphatic heterocycles. The normalized spacial score (nSPS) is 15.6. The standard InChI is InChI=1S/C26H55NO6/c1-2-3-4-5-6-7-8-9-10-11-12-13-14-15-18-27(19-16-23(30)25(32)21-28)20-17-24(31)26(33)22-29/h23-26,28-33H,2-22H2,1H3/t23-,24-,25+,26+/m0/s1. The molecular weight excluding hydrogens is 422 g/mol. The molecule has 0 radical (unpaired) electrons. The predicted octanol–water partition coefficient (Wildman–Crippen LogP) is 2.98. The van der Waals surface area contributed by atoms with Crippen molar-refractivity contribution in [2.24, 2.45) is 0 Å². The molecule has 0 unspecified atom stereocenters. The van der Waals surface area contributed by atoms with Gasteiger partial charge in [0.1, 0.15) is 12.2 Å². The molecule has 0 heterocycles. The second-order valence-corrected chi connectivity index (χ2v) is 9.65. The van der Waals surface area contributed by atoms with E-state index < -0.39 is 37.6 Å². The van der Waals surface area contributed by atoms with E-state index in [4.69, 9.17) is 10.2 Å². The van der Waals surface area contributed by atoms with Crippen molar-refractivity contribution in [3.63, 3.8) is 0 Å². The molecule has 0 fully saturated rings. The Balaban J connectivity index is 3.93. The van der Waals surface area contributed by atoms with Gasteiger partial charge in [0.25, 0.3) is 0 Å². The Labute approximate surface area is 202 Å². The second-order valence-electron chi connectivity index (χ2n) is 9.65. The Kier molecular flexibility index (Phi) is 23.3. The summed E-state index contributed by atoms with van der Waals surface area (Å²) < 4.78 is 0. The maximum atomic E-state index is 9.91. The third-order valence-corrected chi connectivity index (χ3v) is 6.57. The van der Waals surface area contributed by atoms with Crippen molar-refractivity contribution in [2.75, 3.05) is 32.8 Å². The van der Waals surface area contributed by atoms with E-state index in [9.17, 15) is 20.4 Å². The molecule has 0 aliphatic carbocycles. The molecule has 33 heavy (non-hydrogen) atoms. The van der Waals surface area contributed by atoms with E-state index in [2.05, 4.69) is 11.8 Å². The fourth-order valence-electron chi connectivity index (χ4n) is 4.12. The average molecular weight is 478 g/mol. The Morgan fingerprint density at radius 2 is 0.788 bits per heavy atom. The lowest BCUT2D eigenvalue weighted by atomic mass is 10.0. The van der Waals surface area contributed by atoms with Crippen LogP contribution < -0.4 is 0 Å². The molecule has 0 aliphatic rings. The van der Waals surface area contributed by atoms with E-state index in [-0.39, 0.29) is 0 Å². The molecule has 0 saturated heterocycles. The van der Waals surface area contributed by atoms with Crippen molar-refractivity contribution in [2.45, 2.75) is 134 Å². The minimum absolute atomic E-state index is 0.332. The molecule has 0 saturated carbocycles. The van der Waals surface area contributed by atoms with Crippen LogP contribution in [-0.4, -0.2) is 92.8 Å². The summed E-state index contributed by atoms with van der Waals surface area (Å²) in [6.45, 7) is 3.22. The van der Waals surface area contributed by atoms with Crippen molar-refractivity contribution in [3.05, 3.63) is 0 Å². The van der Waals surface area contributed by atoms with Crippen LogP contribution in [0.3, 0.4) is 0 Å². The largest absolute Gasteiger partial charge is 0.394 e. The molecule has 0 aromatic heterocycles. The van der Waals surface area contributed by atoms with Crippen LogP contribution in [0.1, 0.15) is 110 Å². The summed E-state index contributed by atoms with van der Waals surface area (Å²) in [6.07, 6.45) is 14.6. The molecule has 4 atom stereocenters. The Hall–Kier alpha value is -0.280. The summed E-state index contributed by atoms with van der Waals surface area (Å²) in [5.41, 5.74) is 0. The lowest BCUT2D eigenvalue weighted by Crippen LogP contribution is -2.37. The van der Waals surface area contributed by atoms with Gasteiger partial charge in [-0.2, -0.15) is 0 Å². The average Bonchev–Trinajstić information content (AvgIpc) is 2.83. The van der Waals surface area contributed by atoms with Crippen LogP contribution in [0.4, 0.5) is 0 Å². The lowest BCUT2D eigenvalue weighted by Gasteiger charge is -2.26. The number of rotatable bonds is 25. The quantitative estimate of drug-likeness (QED) is 0.112. The fraction of sp³-hybridized carbons (Fsp3) is 1.00. The molecule has 0 aromatic rings. The molecule has 0 amide bonds. The first-order chi connectivity index (χ1) is 16.0. The molecule has 6 N–H and O–H groups in total. The maximum absolute atomic E-state index is 9.91. The van der Waals surface area contributed by atoms with Gasteiger partial charge in [0.15, 0.2) is 0 Å². The first-order valence-corrected chi connectivity index (χ1v) is 13.6. The first kappa shape index (κ1) is 32.7. The fourth-order valence-corrected chi connectivity index (χ4v) is 4.12. The van der Waals surface area contributed by atoms with Crippen molar-refractivity contribution < 1.29 is 30.6 Å². The van der Waals surface area contributed by atoms with Crippen LogP contribution in [0.25, 0.3) is 0 Å². The first-order valence-electron chi connectivity index (χ1n) is 13.6. The molecule has 0 rings (SSSR count). The van der Waals surface area contributed by atoms with Crippen molar-refractivity contribution in [1.29, 1.82) is 0 Å². The van der Waals surface area contributed by atoms with Crippen LogP contribution in [0.15, 0.2) is 0 Å². The van der Waals surface area contributed by atoms with Gasteiger partial charge in [0.2, 0.25) is 0 Å². The third kappa shape index (κ3) is 19.7. The lowest BCUT2D eigenvalue weighted by molar-refractivity contribution is -0.0282. The summed E-state index contributed by atoms with van der Waals surface area (Å²) in [4.78, 5) is 2.11. The Morgan fingerprint density at radius 1 is 0.455 bits per heavy atom. The highest BCUT2D eigenvalue weighted by Crippen LogP contribution is 2.13. The van der Waals surface area contributed by atoms with Crippen LogP contribution in [0.5, 0.6) is 0 Å². The number of unbranched alkanes of at least 4 members (excludes halogenated alkanes) is 13. The van der Waals surface area contributed by atoms with Gasteiger partial charge in [-0.25, -0.2) is 0 Å². The number of aliphatic hydroxyl groups excluding tert-OH is 6. The molecule has 0 spiro atoms. The maximum Gasteiger partial charge on any atom is 0.103 e. The van der Waals surface area contributed by atoms with Crippen molar-refractivity contribution in [3.8, 4) is 0 Å². The zero-order chi connectivity index (χ0) is 24.7. The van der Waals surface area contributed by atoms with E-state index in [1.165, 1.54) is 77.0 Å². The number of hydrogen-bond donors (Lipinski definition) is 6. The van der Waals surface area contributed by atoms with E-state index in [0.717, 1.165) is 19.4 Å². The zero-order valence-corrected chi connectivity index (χ0v) is 21.3. The molecule has 0 bridgehead atoms. The van der Waals surface area contributed by atoms with Crippen LogP contribution in [0.2, 0.25) is 0 Å².